The average molecular weight is 494 g/mol. The second-order valence-corrected chi connectivity index (χ2v) is 8.86. The maximum absolute atomic E-state index is 10.7. The topological polar surface area (TPSA) is 66.0 Å². The lowest BCUT2D eigenvalue weighted by molar-refractivity contribution is -0.119. The number of hydrogen-bond donors (Lipinski definition) is 1. The minimum Gasteiger partial charge on any atom is -0.491 e. The molecule has 6 nitrogen and oxygen atoms in total. The molecule has 0 aliphatic carbocycles. The zero-order chi connectivity index (χ0) is 25.0. The van der Waals surface area contributed by atoms with Crippen molar-refractivity contribution in [3.05, 3.63) is 46.9 Å². The van der Waals surface area contributed by atoms with Crippen molar-refractivity contribution in [2.75, 3.05) is 52.8 Å². The summed E-state index contributed by atoms with van der Waals surface area (Å²) in [4.78, 5) is 12.0. The van der Waals surface area contributed by atoms with Gasteiger partial charge in [-0.15, -0.1) is 0 Å². The summed E-state index contributed by atoms with van der Waals surface area (Å²) in [7, 11) is 0. The van der Waals surface area contributed by atoms with Crippen LogP contribution < -0.4 is 10.1 Å². The number of benzene rings is 1. The smallest absolute Gasteiger partial charge is 0.216 e. The molecule has 0 saturated heterocycles. The molecule has 0 bridgehead atoms. The Labute approximate surface area is 210 Å². The number of carbonyl (C=O) groups excluding carboxylic acids is 1. The van der Waals surface area contributed by atoms with Crippen LogP contribution in [0.5, 0.6) is 5.75 Å². The second-order valence-electron chi connectivity index (χ2n) is 7.89. The first kappa shape index (κ1) is 30.2. The zero-order valence-corrected chi connectivity index (χ0v) is 22.3. The predicted molar refractivity (Wildman–Crippen MR) is 142 cm³/mol. The van der Waals surface area contributed by atoms with Crippen LogP contribution in [0.4, 0.5) is 0 Å². The summed E-state index contributed by atoms with van der Waals surface area (Å²) in [5.74, 6) is 0.882. The first-order valence-electron chi connectivity index (χ1n) is 12.2. The van der Waals surface area contributed by atoms with E-state index in [9.17, 15) is 4.79 Å². The second kappa shape index (κ2) is 19.5. The molecule has 1 amide bonds. The van der Waals surface area contributed by atoms with E-state index in [0.717, 1.165) is 31.4 Å². The van der Waals surface area contributed by atoms with Gasteiger partial charge in [0.05, 0.1) is 39.6 Å². The zero-order valence-electron chi connectivity index (χ0n) is 21.5. The van der Waals surface area contributed by atoms with Crippen molar-refractivity contribution in [3.63, 3.8) is 0 Å². The van der Waals surface area contributed by atoms with Crippen LogP contribution in [0.25, 0.3) is 4.91 Å². The molecule has 0 aliphatic heterocycles. The first-order chi connectivity index (χ1) is 16.5. The average Bonchev–Trinajstić information content (AvgIpc) is 2.81. The lowest BCUT2D eigenvalue weighted by Crippen LogP contribution is -2.25. The Balaban J connectivity index is 2.41. The van der Waals surface area contributed by atoms with Crippen molar-refractivity contribution in [1.82, 2.24) is 5.32 Å². The van der Waals surface area contributed by atoms with Crippen molar-refractivity contribution in [1.29, 1.82) is 0 Å². The number of amides is 1. The Morgan fingerprint density at radius 3 is 2.21 bits per heavy atom. The molecule has 1 rings (SSSR count). The van der Waals surface area contributed by atoms with E-state index >= 15 is 0 Å². The third kappa shape index (κ3) is 13.2. The van der Waals surface area contributed by atoms with Crippen molar-refractivity contribution in [2.24, 2.45) is 0 Å². The lowest BCUT2D eigenvalue weighted by atomic mass is 10.0. The molecule has 1 N–H and O–H groups in total. The number of ether oxygens (including phenoxy) is 4. The van der Waals surface area contributed by atoms with Gasteiger partial charge in [0.25, 0.3) is 0 Å². The molecule has 34 heavy (non-hydrogen) atoms. The number of hydrogen-bond acceptors (Lipinski definition) is 6. The monoisotopic (exact) mass is 493 g/mol. The van der Waals surface area contributed by atoms with E-state index in [-0.39, 0.29) is 5.91 Å². The molecule has 0 radical (unpaired) electrons. The van der Waals surface area contributed by atoms with Crippen LogP contribution in [0.2, 0.25) is 0 Å². The van der Waals surface area contributed by atoms with Gasteiger partial charge in [0.2, 0.25) is 5.91 Å². The van der Waals surface area contributed by atoms with Gasteiger partial charge in [-0.2, -0.15) is 0 Å². The van der Waals surface area contributed by atoms with E-state index in [1.807, 2.05) is 5.41 Å². The van der Waals surface area contributed by atoms with Crippen LogP contribution in [0.1, 0.15) is 58.1 Å². The van der Waals surface area contributed by atoms with Gasteiger partial charge >= 0.3 is 0 Å². The number of carbonyl (C=O) groups is 1. The van der Waals surface area contributed by atoms with Crippen molar-refractivity contribution < 1.29 is 23.7 Å². The molecule has 0 atom stereocenters. The molecule has 1 aromatic carbocycles. The van der Waals surface area contributed by atoms with Crippen LogP contribution in [0.15, 0.2) is 35.8 Å². The van der Waals surface area contributed by atoms with Crippen molar-refractivity contribution in [2.45, 2.75) is 53.4 Å². The van der Waals surface area contributed by atoms with Crippen LogP contribution >= 0.6 is 11.8 Å². The number of aryl methyl sites for hydroxylation is 1. The molecular formula is C27H43NO5S. The summed E-state index contributed by atoms with van der Waals surface area (Å²) < 4.78 is 22.6. The van der Waals surface area contributed by atoms with Crippen molar-refractivity contribution in [3.8, 4) is 5.75 Å². The molecule has 0 heterocycles. The fourth-order valence-corrected chi connectivity index (χ4v) is 4.08. The first-order valence-corrected chi connectivity index (χ1v) is 13.1. The Hall–Kier alpha value is -1.80. The number of rotatable bonds is 20. The minimum absolute atomic E-state index is 0.0503. The van der Waals surface area contributed by atoms with E-state index < -0.39 is 0 Å². The van der Waals surface area contributed by atoms with Gasteiger partial charge in [-0.3, -0.25) is 4.79 Å². The van der Waals surface area contributed by atoms with E-state index in [1.54, 1.807) is 11.8 Å². The highest BCUT2D eigenvalue weighted by Crippen LogP contribution is 2.36. The van der Waals surface area contributed by atoms with Gasteiger partial charge in [-0.1, -0.05) is 62.7 Å². The van der Waals surface area contributed by atoms with E-state index in [0.29, 0.717) is 52.8 Å². The van der Waals surface area contributed by atoms with Gasteiger partial charge in [0.1, 0.15) is 12.4 Å². The molecule has 7 heteroatoms. The number of thioether (sulfide) groups is 1. The van der Waals surface area contributed by atoms with Crippen LogP contribution in [0, 0.1) is 0 Å². The van der Waals surface area contributed by atoms with Gasteiger partial charge in [0.15, 0.2) is 0 Å². The van der Waals surface area contributed by atoms with E-state index in [2.05, 4.69) is 50.9 Å². The van der Waals surface area contributed by atoms with Crippen LogP contribution in [-0.4, -0.2) is 58.7 Å². The highest BCUT2D eigenvalue weighted by atomic mass is 32.2. The molecule has 0 aromatic heterocycles. The molecular weight excluding hydrogens is 450 g/mol. The van der Waals surface area contributed by atoms with E-state index in [1.165, 1.54) is 28.5 Å². The summed E-state index contributed by atoms with van der Waals surface area (Å²) in [6, 6.07) is 6.54. The third-order valence-corrected chi connectivity index (χ3v) is 5.90. The highest BCUT2D eigenvalue weighted by Gasteiger charge is 2.11. The Kier molecular flexibility index (Phi) is 17.3. The van der Waals surface area contributed by atoms with Gasteiger partial charge in [0, 0.05) is 18.4 Å². The molecule has 192 valence electrons. The summed E-state index contributed by atoms with van der Waals surface area (Å²) in [5, 5.41) is 4.57. The normalized spacial score (nSPS) is 11.8. The third-order valence-electron chi connectivity index (χ3n) is 4.91. The van der Waals surface area contributed by atoms with Crippen molar-refractivity contribution >= 4 is 22.6 Å². The lowest BCUT2D eigenvalue weighted by Gasteiger charge is -2.16. The summed E-state index contributed by atoms with van der Waals surface area (Å²) in [6.07, 6.45) is 4.25. The Morgan fingerprint density at radius 1 is 0.971 bits per heavy atom. The van der Waals surface area contributed by atoms with Crippen LogP contribution in [0.3, 0.4) is 0 Å². The number of allylic oxidation sites excluding steroid dienone is 1. The molecule has 0 spiro atoms. The standard InChI is InChI=1S/C27H43NO5S/c1-6-9-22(4)27(34-8-3)25-12-11-24(10-7-2)26(21-25)33-20-19-32-18-17-31-16-15-30-14-13-28-23(5)29/h8,11-12,21H,3,6-7,9-10,13-20H2,1-2,4-5H3,(H,28,29)/b27-22-. The van der Waals surface area contributed by atoms with E-state index in [4.69, 9.17) is 18.9 Å². The molecule has 0 fully saturated rings. The summed E-state index contributed by atoms with van der Waals surface area (Å²) >= 11 is 1.68. The molecule has 0 saturated carbocycles. The quantitative estimate of drug-likeness (QED) is 0.238. The predicted octanol–water partition coefficient (Wildman–Crippen LogP) is 5.61. The minimum atomic E-state index is -0.0503. The Bertz CT molecular complexity index is 751. The van der Waals surface area contributed by atoms with Crippen LogP contribution in [-0.2, 0) is 25.4 Å². The maximum Gasteiger partial charge on any atom is 0.216 e. The van der Waals surface area contributed by atoms with Gasteiger partial charge in [-0.05, 0) is 42.4 Å². The largest absolute Gasteiger partial charge is 0.491 e. The highest BCUT2D eigenvalue weighted by molar-refractivity contribution is 8.10. The molecule has 0 unspecified atom stereocenters. The molecule has 0 aliphatic rings. The SMILES string of the molecule is C=CS/C(=C(/C)CCC)c1ccc(CCC)c(OCCOCCOCCOCCNC(C)=O)c1. The van der Waals surface area contributed by atoms with Gasteiger partial charge in [-0.25, -0.2) is 0 Å². The fourth-order valence-electron chi connectivity index (χ4n) is 3.34. The van der Waals surface area contributed by atoms with Gasteiger partial charge < -0.3 is 24.3 Å². The Morgan fingerprint density at radius 2 is 1.62 bits per heavy atom. The summed E-state index contributed by atoms with van der Waals surface area (Å²) in [6.45, 7) is 16.0. The number of nitrogens with one attached hydrogen (secondary N) is 1. The fraction of sp³-hybridized carbons (Fsp3) is 0.593. The summed E-state index contributed by atoms with van der Waals surface area (Å²) in [5.41, 5.74) is 3.78. The maximum atomic E-state index is 10.7. The molecule has 1 aromatic rings.